The van der Waals surface area contributed by atoms with E-state index in [-0.39, 0.29) is 18.5 Å². The van der Waals surface area contributed by atoms with Crippen LogP contribution in [0.1, 0.15) is 20.3 Å². The lowest BCUT2D eigenvalue weighted by Crippen LogP contribution is -2.62. The molecule has 1 aliphatic carbocycles. The molecule has 10 atom stereocenters. The molecular formula is C14H29N3O5. The second-order valence-electron chi connectivity index (χ2n) is 6.63. The van der Waals surface area contributed by atoms with Crippen LogP contribution in [0.4, 0.5) is 0 Å². The minimum absolute atomic E-state index is 0.0609. The fraction of sp³-hybridized carbons (Fsp3) is 1.00. The Labute approximate surface area is 130 Å². The Kier molecular flexibility index (Phi) is 5.79. The maximum atomic E-state index is 10.4. The molecule has 22 heavy (non-hydrogen) atoms. The molecule has 9 N–H and O–H groups in total. The van der Waals surface area contributed by atoms with Crippen LogP contribution in [0.5, 0.6) is 0 Å². The Morgan fingerprint density at radius 1 is 1.00 bits per heavy atom. The third kappa shape index (κ3) is 3.29. The molecule has 8 nitrogen and oxygen atoms in total. The van der Waals surface area contributed by atoms with Crippen molar-refractivity contribution in [2.75, 3.05) is 6.54 Å². The highest BCUT2D eigenvalue weighted by atomic mass is 16.7. The Bertz CT molecular complexity index is 372. The van der Waals surface area contributed by atoms with Crippen molar-refractivity contribution in [1.29, 1.82) is 0 Å². The van der Waals surface area contributed by atoms with Crippen LogP contribution in [0.2, 0.25) is 0 Å². The zero-order valence-corrected chi connectivity index (χ0v) is 13.1. The molecule has 0 spiro atoms. The van der Waals surface area contributed by atoms with Gasteiger partial charge in [0, 0.05) is 24.5 Å². The van der Waals surface area contributed by atoms with Crippen molar-refractivity contribution < 1.29 is 24.8 Å². The number of ether oxygens (including phenoxy) is 2. The molecular weight excluding hydrogens is 290 g/mol. The molecule has 130 valence electrons. The highest BCUT2D eigenvalue weighted by Crippen LogP contribution is 2.31. The molecule has 0 aromatic heterocycles. The van der Waals surface area contributed by atoms with E-state index in [4.69, 9.17) is 26.7 Å². The van der Waals surface area contributed by atoms with Crippen LogP contribution in [0.3, 0.4) is 0 Å². The van der Waals surface area contributed by atoms with Crippen LogP contribution in [0.15, 0.2) is 0 Å². The monoisotopic (exact) mass is 319 g/mol. The summed E-state index contributed by atoms with van der Waals surface area (Å²) in [4.78, 5) is 0. The highest BCUT2D eigenvalue weighted by molar-refractivity contribution is 4.97. The Hall–Kier alpha value is -0.320. The Balaban J connectivity index is 2.08. The molecule has 0 aromatic rings. The van der Waals surface area contributed by atoms with E-state index < -0.39 is 48.8 Å². The van der Waals surface area contributed by atoms with E-state index in [0.717, 1.165) is 0 Å². The summed E-state index contributed by atoms with van der Waals surface area (Å²) in [5.74, 6) is -0.618. The maximum Gasteiger partial charge on any atom is 0.163 e. The average Bonchev–Trinajstić information content (AvgIpc) is 2.49. The van der Waals surface area contributed by atoms with E-state index >= 15 is 0 Å². The number of hydrogen-bond donors (Lipinski definition) is 6. The summed E-state index contributed by atoms with van der Waals surface area (Å²) in [6.45, 7) is 3.62. The fourth-order valence-corrected chi connectivity index (χ4v) is 3.22. The number of nitrogens with two attached hydrogens (primary N) is 3. The summed E-state index contributed by atoms with van der Waals surface area (Å²) in [7, 11) is 0. The van der Waals surface area contributed by atoms with Gasteiger partial charge in [0.25, 0.3) is 0 Å². The van der Waals surface area contributed by atoms with Crippen LogP contribution in [-0.4, -0.2) is 70.8 Å². The predicted octanol–water partition coefficient (Wildman–Crippen LogP) is -2.53. The summed E-state index contributed by atoms with van der Waals surface area (Å²) in [5, 5.41) is 30.4. The first-order valence-electron chi connectivity index (χ1n) is 7.84. The molecule has 2 aliphatic rings. The van der Waals surface area contributed by atoms with Crippen LogP contribution >= 0.6 is 0 Å². The van der Waals surface area contributed by atoms with Gasteiger partial charge in [-0.2, -0.15) is 0 Å². The van der Waals surface area contributed by atoms with Gasteiger partial charge in [-0.15, -0.1) is 0 Å². The average molecular weight is 319 g/mol. The molecule has 1 aliphatic heterocycles. The van der Waals surface area contributed by atoms with Crippen molar-refractivity contribution >= 4 is 0 Å². The van der Waals surface area contributed by atoms with Crippen molar-refractivity contribution in [2.45, 2.75) is 69.2 Å². The van der Waals surface area contributed by atoms with Gasteiger partial charge in [0.2, 0.25) is 0 Å². The molecule has 8 heteroatoms. The maximum absolute atomic E-state index is 10.4. The van der Waals surface area contributed by atoms with Crippen LogP contribution in [-0.2, 0) is 9.47 Å². The van der Waals surface area contributed by atoms with Gasteiger partial charge in [0.1, 0.15) is 18.3 Å². The standard InChI is InChI=1S/C14H29N3O5/c1-5-7(16)3-8(17)13(11(5)19)22-14-6(2)10(18)12(20)9(4-15)21-14/h5-14,18-20H,3-4,15-17H2,1-2H3/t5-,6+,7?,8?,9?,10?,11?,12+,13+,14-/m1/s1. The van der Waals surface area contributed by atoms with Crippen LogP contribution in [0, 0.1) is 11.8 Å². The van der Waals surface area contributed by atoms with Gasteiger partial charge < -0.3 is 42.0 Å². The number of hydrogen-bond acceptors (Lipinski definition) is 8. The van der Waals surface area contributed by atoms with Crippen molar-refractivity contribution in [3.63, 3.8) is 0 Å². The topological polar surface area (TPSA) is 157 Å². The van der Waals surface area contributed by atoms with E-state index in [1.54, 1.807) is 6.92 Å². The number of rotatable bonds is 3. The number of aliphatic hydroxyl groups excluding tert-OH is 3. The summed E-state index contributed by atoms with van der Waals surface area (Å²) < 4.78 is 11.5. The van der Waals surface area contributed by atoms with Gasteiger partial charge in [-0.25, -0.2) is 0 Å². The number of aliphatic hydroxyl groups is 3. The van der Waals surface area contributed by atoms with Crippen molar-refractivity contribution in [3.8, 4) is 0 Å². The van der Waals surface area contributed by atoms with Crippen LogP contribution in [0.25, 0.3) is 0 Å². The smallest absolute Gasteiger partial charge is 0.163 e. The van der Waals surface area contributed by atoms with Gasteiger partial charge in [-0.05, 0) is 12.3 Å². The van der Waals surface area contributed by atoms with E-state index in [9.17, 15) is 15.3 Å². The molecule has 1 saturated heterocycles. The Morgan fingerprint density at radius 2 is 1.64 bits per heavy atom. The van der Waals surface area contributed by atoms with Gasteiger partial charge in [0.15, 0.2) is 6.29 Å². The summed E-state index contributed by atoms with van der Waals surface area (Å²) in [6, 6.07) is -0.601. The third-order valence-corrected chi connectivity index (χ3v) is 5.05. The SMILES string of the molecule is C[C@@H]1C(N)CC(N)[C@H](O[C@H]2OC(CN)[C@H](O)C(O)[C@@H]2C)C1O. The lowest BCUT2D eigenvalue weighted by atomic mass is 9.79. The molecule has 1 heterocycles. The highest BCUT2D eigenvalue weighted by Gasteiger charge is 2.46. The van der Waals surface area contributed by atoms with Gasteiger partial charge in [0.05, 0.1) is 12.2 Å². The van der Waals surface area contributed by atoms with E-state index in [1.165, 1.54) is 0 Å². The molecule has 1 saturated carbocycles. The summed E-state index contributed by atoms with van der Waals surface area (Å²) in [6.07, 6.45) is -4.48. The lowest BCUT2D eigenvalue weighted by molar-refractivity contribution is -0.300. The lowest BCUT2D eigenvalue weighted by Gasteiger charge is -2.46. The van der Waals surface area contributed by atoms with E-state index in [1.807, 2.05) is 6.92 Å². The minimum Gasteiger partial charge on any atom is -0.390 e. The first kappa shape index (κ1) is 18.0. The first-order valence-corrected chi connectivity index (χ1v) is 7.84. The van der Waals surface area contributed by atoms with Gasteiger partial charge >= 0.3 is 0 Å². The largest absolute Gasteiger partial charge is 0.390 e. The summed E-state index contributed by atoms with van der Waals surface area (Å²) >= 11 is 0. The third-order valence-electron chi connectivity index (χ3n) is 5.05. The molecule has 5 unspecified atom stereocenters. The van der Waals surface area contributed by atoms with Crippen molar-refractivity contribution in [3.05, 3.63) is 0 Å². The first-order chi connectivity index (χ1) is 10.3. The summed E-state index contributed by atoms with van der Waals surface area (Å²) in [5.41, 5.74) is 17.6. The normalized spacial score (nSPS) is 53.5. The van der Waals surface area contributed by atoms with Crippen LogP contribution < -0.4 is 17.2 Å². The molecule has 0 radical (unpaired) electrons. The van der Waals surface area contributed by atoms with E-state index in [2.05, 4.69) is 0 Å². The van der Waals surface area contributed by atoms with Crippen molar-refractivity contribution in [2.24, 2.45) is 29.0 Å². The molecule has 0 aromatic carbocycles. The van der Waals surface area contributed by atoms with E-state index in [0.29, 0.717) is 6.42 Å². The molecule has 0 bridgehead atoms. The fourth-order valence-electron chi connectivity index (χ4n) is 3.22. The molecule has 2 fully saturated rings. The van der Waals surface area contributed by atoms with Gasteiger partial charge in [-0.3, -0.25) is 0 Å². The minimum atomic E-state index is -1.06. The van der Waals surface area contributed by atoms with Crippen molar-refractivity contribution in [1.82, 2.24) is 0 Å². The second-order valence-corrected chi connectivity index (χ2v) is 6.63. The zero-order valence-electron chi connectivity index (χ0n) is 13.1. The second kappa shape index (κ2) is 7.06. The quantitative estimate of drug-likeness (QED) is 0.332. The molecule has 2 rings (SSSR count). The predicted molar refractivity (Wildman–Crippen MR) is 79.5 cm³/mol. The zero-order chi connectivity index (χ0) is 16.6. The molecule has 0 amide bonds. The Morgan fingerprint density at radius 3 is 2.23 bits per heavy atom. The van der Waals surface area contributed by atoms with Gasteiger partial charge in [-0.1, -0.05) is 13.8 Å².